The Kier molecular flexibility index (Phi) is 8.46. The number of carbonyl (C=O) groups excluding carboxylic acids is 1. The standard InChI is InChI=1S/C17H31NO4/c1-12(2)14-8-7-13(3)10-15(14)22-11-16(19)18-9-5-4-6-17(20)21/h12-15H,4-11H2,1-3H3,(H,18,19)(H,20,21). The molecule has 1 aliphatic rings. The Morgan fingerprint density at radius 3 is 2.64 bits per heavy atom. The Hall–Kier alpha value is -1.10. The molecule has 2 N–H and O–H groups in total. The van der Waals surface area contributed by atoms with Crippen molar-refractivity contribution in [1.82, 2.24) is 5.32 Å². The van der Waals surface area contributed by atoms with Crippen LogP contribution in [0, 0.1) is 17.8 Å². The van der Waals surface area contributed by atoms with Gasteiger partial charge in [0.05, 0.1) is 6.10 Å². The lowest BCUT2D eigenvalue weighted by Gasteiger charge is -2.37. The molecule has 0 radical (unpaired) electrons. The first kappa shape index (κ1) is 18.9. The molecule has 0 bridgehead atoms. The zero-order chi connectivity index (χ0) is 16.5. The van der Waals surface area contributed by atoms with Gasteiger partial charge in [0.2, 0.25) is 5.91 Å². The predicted octanol–water partition coefficient (Wildman–Crippen LogP) is 2.83. The summed E-state index contributed by atoms with van der Waals surface area (Å²) < 4.78 is 5.88. The van der Waals surface area contributed by atoms with Crippen LogP contribution in [0.2, 0.25) is 0 Å². The Morgan fingerprint density at radius 2 is 2.00 bits per heavy atom. The van der Waals surface area contributed by atoms with Crippen molar-refractivity contribution in [1.29, 1.82) is 0 Å². The maximum atomic E-state index is 11.8. The lowest BCUT2D eigenvalue weighted by Crippen LogP contribution is -2.37. The third kappa shape index (κ3) is 7.25. The van der Waals surface area contributed by atoms with E-state index >= 15 is 0 Å². The third-order valence-electron chi connectivity index (χ3n) is 4.53. The number of ether oxygens (including phenoxy) is 1. The Balaban J connectivity index is 2.22. The van der Waals surface area contributed by atoms with Crippen LogP contribution < -0.4 is 5.32 Å². The highest BCUT2D eigenvalue weighted by Gasteiger charge is 2.31. The molecule has 1 aliphatic carbocycles. The summed E-state index contributed by atoms with van der Waals surface area (Å²) in [5.74, 6) is 0.895. The average molecular weight is 313 g/mol. The van der Waals surface area contributed by atoms with Gasteiger partial charge >= 0.3 is 5.97 Å². The van der Waals surface area contributed by atoms with E-state index in [-0.39, 0.29) is 25.0 Å². The van der Waals surface area contributed by atoms with Crippen molar-refractivity contribution in [3.8, 4) is 0 Å². The number of hydrogen-bond donors (Lipinski definition) is 2. The molecule has 0 aromatic rings. The van der Waals surface area contributed by atoms with Gasteiger partial charge in [0.25, 0.3) is 0 Å². The first-order valence-corrected chi connectivity index (χ1v) is 8.50. The highest BCUT2D eigenvalue weighted by Crippen LogP contribution is 2.35. The highest BCUT2D eigenvalue weighted by atomic mass is 16.5. The van der Waals surface area contributed by atoms with Crippen molar-refractivity contribution < 1.29 is 19.4 Å². The van der Waals surface area contributed by atoms with E-state index in [0.717, 1.165) is 6.42 Å². The second-order valence-corrected chi connectivity index (χ2v) is 6.88. The van der Waals surface area contributed by atoms with Gasteiger partial charge in [-0.3, -0.25) is 9.59 Å². The molecule has 1 rings (SSSR count). The van der Waals surface area contributed by atoms with Crippen LogP contribution in [0.4, 0.5) is 0 Å². The van der Waals surface area contributed by atoms with Gasteiger partial charge in [0, 0.05) is 13.0 Å². The molecule has 1 amide bonds. The maximum absolute atomic E-state index is 11.8. The number of amides is 1. The van der Waals surface area contributed by atoms with E-state index in [1.54, 1.807) is 0 Å². The normalized spacial score (nSPS) is 25.2. The first-order valence-electron chi connectivity index (χ1n) is 8.50. The van der Waals surface area contributed by atoms with Crippen LogP contribution in [0.5, 0.6) is 0 Å². The molecule has 3 atom stereocenters. The lowest BCUT2D eigenvalue weighted by molar-refractivity contribution is -0.137. The van der Waals surface area contributed by atoms with Gasteiger partial charge < -0.3 is 15.2 Å². The van der Waals surface area contributed by atoms with Crippen LogP contribution in [0.25, 0.3) is 0 Å². The Morgan fingerprint density at radius 1 is 1.27 bits per heavy atom. The molecule has 0 heterocycles. The second-order valence-electron chi connectivity index (χ2n) is 6.88. The van der Waals surface area contributed by atoms with Crippen LogP contribution in [-0.4, -0.2) is 36.2 Å². The quantitative estimate of drug-likeness (QED) is 0.642. The minimum atomic E-state index is -0.791. The molecule has 0 saturated heterocycles. The van der Waals surface area contributed by atoms with E-state index in [1.165, 1.54) is 12.8 Å². The summed E-state index contributed by atoms with van der Waals surface area (Å²) in [7, 11) is 0. The van der Waals surface area contributed by atoms with Gasteiger partial charge in [-0.25, -0.2) is 0 Å². The number of aliphatic carboxylic acids is 1. The van der Waals surface area contributed by atoms with Gasteiger partial charge in [-0.1, -0.05) is 27.2 Å². The van der Waals surface area contributed by atoms with E-state index in [9.17, 15) is 9.59 Å². The lowest BCUT2D eigenvalue weighted by atomic mass is 9.75. The van der Waals surface area contributed by atoms with E-state index < -0.39 is 5.97 Å². The molecule has 22 heavy (non-hydrogen) atoms. The molecule has 5 nitrogen and oxygen atoms in total. The molecule has 0 aromatic heterocycles. The largest absolute Gasteiger partial charge is 0.481 e. The molecule has 1 fully saturated rings. The number of carboxylic acids is 1. The van der Waals surface area contributed by atoms with Crippen LogP contribution in [0.1, 0.15) is 59.3 Å². The molecule has 5 heteroatoms. The minimum Gasteiger partial charge on any atom is -0.481 e. The number of nitrogens with one attached hydrogen (secondary N) is 1. The van der Waals surface area contributed by atoms with Gasteiger partial charge in [-0.05, 0) is 43.4 Å². The van der Waals surface area contributed by atoms with Crippen LogP contribution in [0.3, 0.4) is 0 Å². The predicted molar refractivity (Wildman–Crippen MR) is 85.6 cm³/mol. The molecule has 1 saturated carbocycles. The summed E-state index contributed by atoms with van der Waals surface area (Å²) in [6, 6.07) is 0. The smallest absolute Gasteiger partial charge is 0.303 e. The monoisotopic (exact) mass is 313 g/mol. The van der Waals surface area contributed by atoms with Crippen LogP contribution in [0.15, 0.2) is 0 Å². The van der Waals surface area contributed by atoms with Gasteiger partial charge in [-0.2, -0.15) is 0 Å². The second kappa shape index (κ2) is 9.82. The van der Waals surface area contributed by atoms with Crippen molar-refractivity contribution in [3.05, 3.63) is 0 Å². The van der Waals surface area contributed by atoms with E-state index in [0.29, 0.717) is 37.1 Å². The summed E-state index contributed by atoms with van der Waals surface area (Å²) in [5, 5.41) is 11.3. The van der Waals surface area contributed by atoms with Gasteiger partial charge in [0.1, 0.15) is 6.61 Å². The molecule has 3 unspecified atom stereocenters. The SMILES string of the molecule is CC1CCC(C(C)C)C(OCC(=O)NCCCCC(=O)O)C1. The number of carboxylic acid groups (broad SMARTS) is 1. The fourth-order valence-corrected chi connectivity index (χ4v) is 3.17. The molecular formula is C17H31NO4. The van der Waals surface area contributed by atoms with Crippen molar-refractivity contribution in [2.45, 2.75) is 65.4 Å². The van der Waals surface area contributed by atoms with Crippen molar-refractivity contribution in [2.75, 3.05) is 13.2 Å². The summed E-state index contributed by atoms with van der Waals surface area (Å²) in [6.07, 6.45) is 5.08. The summed E-state index contributed by atoms with van der Waals surface area (Å²) >= 11 is 0. The zero-order valence-electron chi connectivity index (χ0n) is 14.1. The van der Waals surface area contributed by atoms with Crippen molar-refractivity contribution in [3.63, 3.8) is 0 Å². The fourth-order valence-electron chi connectivity index (χ4n) is 3.17. The summed E-state index contributed by atoms with van der Waals surface area (Å²) in [5.41, 5.74) is 0. The maximum Gasteiger partial charge on any atom is 0.303 e. The fraction of sp³-hybridized carbons (Fsp3) is 0.882. The number of carbonyl (C=O) groups is 2. The summed E-state index contributed by atoms with van der Waals surface area (Å²) in [6.45, 7) is 7.32. The zero-order valence-corrected chi connectivity index (χ0v) is 14.1. The van der Waals surface area contributed by atoms with Crippen LogP contribution in [-0.2, 0) is 14.3 Å². The topological polar surface area (TPSA) is 75.6 Å². The molecule has 0 aliphatic heterocycles. The van der Waals surface area contributed by atoms with E-state index in [1.807, 2.05) is 0 Å². The molecule has 0 spiro atoms. The van der Waals surface area contributed by atoms with Crippen molar-refractivity contribution >= 4 is 11.9 Å². The molecular weight excluding hydrogens is 282 g/mol. The van der Waals surface area contributed by atoms with E-state index in [2.05, 4.69) is 26.1 Å². The Bertz CT molecular complexity index is 357. The molecule has 128 valence electrons. The highest BCUT2D eigenvalue weighted by molar-refractivity contribution is 5.77. The third-order valence-corrected chi connectivity index (χ3v) is 4.53. The number of unbranched alkanes of at least 4 members (excludes halogenated alkanes) is 1. The van der Waals surface area contributed by atoms with E-state index in [4.69, 9.17) is 9.84 Å². The minimum absolute atomic E-state index is 0.101. The number of hydrogen-bond acceptors (Lipinski definition) is 3. The van der Waals surface area contributed by atoms with Crippen LogP contribution >= 0.6 is 0 Å². The number of rotatable bonds is 9. The summed E-state index contributed by atoms with van der Waals surface area (Å²) in [4.78, 5) is 22.2. The van der Waals surface area contributed by atoms with Gasteiger partial charge in [-0.15, -0.1) is 0 Å². The van der Waals surface area contributed by atoms with Gasteiger partial charge in [0.15, 0.2) is 0 Å². The Labute approximate surface area is 133 Å². The van der Waals surface area contributed by atoms with Crippen molar-refractivity contribution in [2.24, 2.45) is 17.8 Å². The average Bonchev–Trinajstić information content (AvgIpc) is 2.44. The first-order chi connectivity index (χ1) is 10.4. The molecule has 0 aromatic carbocycles.